The summed E-state index contributed by atoms with van der Waals surface area (Å²) in [4.78, 5) is 12.5. The highest BCUT2D eigenvalue weighted by Crippen LogP contribution is 2.24. The minimum atomic E-state index is -0.0585. The molecule has 4 nitrogen and oxygen atoms in total. The van der Waals surface area contributed by atoms with Crippen molar-refractivity contribution in [1.82, 2.24) is 5.32 Å². The molecule has 0 aliphatic carbocycles. The van der Waals surface area contributed by atoms with E-state index in [4.69, 9.17) is 4.74 Å². The van der Waals surface area contributed by atoms with Crippen LogP contribution < -0.4 is 15.4 Å². The van der Waals surface area contributed by atoms with Crippen molar-refractivity contribution in [2.75, 3.05) is 18.5 Å². The van der Waals surface area contributed by atoms with Crippen LogP contribution in [0.15, 0.2) is 78.9 Å². The molecule has 4 heteroatoms. The highest BCUT2D eigenvalue weighted by atomic mass is 16.5. The van der Waals surface area contributed by atoms with Crippen LogP contribution in [0.1, 0.15) is 35.7 Å². The molecule has 0 radical (unpaired) electrons. The lowest BCUT2D eigenvalue weighted by atomic mass is 10.1. The fourth-order valence-corrected chi connectivity index (χ4v) is 3.01. The van der Waals surface area contributed by atoms with Gasteiger partial charge in [0.1, 0.15) is 5.75 Å². The number of amides is 1. The van der Waals surface area contributed by atoms with Gasteiger partial charge < -0.3 is 15.4 Å². The Labute approximate surface area is 172 Å². The smallest absolute Gasteiger partial charge is 0.253 e. The molecule has 29 heavy (non-hydrogen) atoms. The Morgan fingerprint density at radius 3 is 2.55 bits per heavy atom. The number of ether oxygens (including phenoxy) is 1. The monoisotopic (exact) mass is 388 g/mol. The number of unbranched alkanes of at least 4 members (excludes halogenated alkanes) is 1. The van der Waals surface area contributed by atoms with Gasteiger partial charge in [-0.25, -0.2) is 0 Å². The van der Waals surface area contributed by atoms with Crippen LogP contribution in [0.3, 0.4) is 0 Å². The largest absolute Gasteiger partial charge is 0.493 e. The van der Waals surface area contributed by atoms with Crippen LogP contribution in [0.4, 0.5) is 11.4 Å². The minimum Gasteiger partial charge on any atom is -0.493 e. The summed E-state index contributed by atoms with van der Waals surface area (Å²) in [6.45, 7) is 3.41. The first kappa shape index (κ1) is 20.5. The second-order valence-electron chi connectivity index (χ2n) is 6.89. The van der Waals surface area contributed by atoms with Gasteiger partial charge in [-0.15, -0.1) is 0 Å². The van der Waals surface area contributed by atoms with Gasteiger partial charge in [0.2, 0.25) is 0 Å². The fourth-order valence-electron chi connectivity index (χ4n) is 3.01. The third-order valence-electron chi connectivity index (χ3n) is 4.60. The van der Waals surface area contributed by atoms with Gasteiger partial charge in [0.25, 0.3) is 5.91 Å². The molecule has 1 amide bonds. The quantitative estimate of drug-likeness (QED) is 0.446. The third-order valence-corrected chi connectivity index (χ3v) is 4.60. The predicted octanol–water partition coefficient (Wildman–Crippen LogP) is 5.58. The van der Waals surface area contributed by atoms with Gasteiger partial charge in [-0.05, 0) is 36.2 Å². The Hall–Kier alpha value is -3.27. The van der Waals surface area contributed by atoms with E-state index in [1.807, 2.05) is 66.7 Å². The van der Waals surface area contributed by atoms with E-state index in [1.165, 1.54) is 5.56 Å². The number of carbonyl (C=O) groups is 1. The number of carbonyl (C=O) groups excluding carboxylic acids is 1. The van der Waals surface area contributed by atoms with Crippen molar-refractivity contribution in [1.29, 1.82) is 0 Å². The van der Waals surface area contributed by atoms with E-state index in [0.717, 1.165) is 36.4 Å². The Morgan fingerprint density at radius 2 is 1.72 bits per heavy atom. The highest BCUT2D eigenvalue weighted by Gasteiger charge is 2.10. The molecule has 0 spiro atoms. The Morgan fingerprint density at radius 1 is 0.931 bits per heavy atom. The number of benzene rings is 3. The predicted molar refractivity (Wildman–Crippen MR) is 119 cm³/mol. The summed E-state index contributed by atoms with van der Waals surface area (Å²) in [5.41, 5.74) is 3.56. The maximum absolute atomic E-state index is 12.5. The molecule has 0 heterocycles. The molecule has 3 aromatic rings. The van der Waals surface area contributed by atoms with Gasteiger partial charge in [0, 0.05) is 24.7 Å². The molecule has 3 rings (SSSR count). The first-order valence-electron chi connectivity index (χ1n) is 10.2. The number of para-hydroxylation sites is 1. The molecule has 0 unspecified atom stereocenters. The van der Waals surface area contributed by atoms with Crippen LogP contribution in [-0.4, -0.2) is 19.1 Å². The van der Waals surface area contributed by atoms with Crippen molar-refractivity contribution >= 4 is 17.3 Å². The van der Waals surface area contributed by atoms with Gasteiger partial charge in [-0.3, -0.25) is 4.79 Å². The molecule has 3 aromatic carbocycles. The van der Waals surface area contributed by atoms with Crippen molar-refractivity contribution < 1.29 is 9.53 Å². The van der Waals surface area contributed by atoms with Gasteiger partial charge in [0.15, 0.2) is 0 Å². The van der Waals surface area contributed by atoms with Gasteiger partial charge in [0.05, 0.1) is 17.9 Å². The number of rotatable bonds is 10. The zero-order valence-corrected chi connectivity index (χ0v) is 16.9. The summed E-state index contributed by atoms with van der Waals surface area (Å²) in [6, 6.07) is 25.7. The van der Waals surface area contributed by atoms with Gasteiger partial charge in [-0.1, -0.05) is 61.9 Å². The summed E-state index contributed by atoms with van der Waals surface area (Å²) in [7, 11) is 0. The molecule has 150 valence electrons. The summed E-state index contributed by atoms with van der Waals surface area (Å²) in [6.07, 6.45) is 2.89. The maximum atomic E-state index is 12.5. The molecular formula is C25H28N2O2. The van der Waals surface area contributed by atoms with Crippen LogP contribution in [-0.2, 0) is 6.42 Å². The summed E-state index contributed by atoms with van der Waals surface area (Å²) in [5.74, 6) is 0.743. The van der Waals surface area contributed by atoms with Crippen LogP contribution in [0.2, 0.25) is 0 Å². The fraction of sp³-hybridized carbons (Fsp3) is 0.240. The normalized spacial score (nSPS) is 10.4. The zero-order valence-electron chi connectivity index (χ0n) is 16.9. The Balaban J connectivity index is 1.62. The van der Waals surface area contributed by atoms with Crippen molar-refractivity contribution in [3.8, 4) is 5.75 Å². The van der Waals surface area contributed by atoms with Crippen molar-refractivity contribution in [2.45, 2.75) is 26.2 Å². The van der Waals surface area contributed by atoms with Crippen LogP contribution in [0.5, 0.6) is 5.75 Å². The summed E-state index contributed by atoms with van der Waals surface area (Å²) < 4.78 is 5.91. The molecule has 0 aliphatic rings. The SMILES string of the molecule is CCCCNC(=O)c1ccccc1Nc1cccc(OCCc2ccccc2)c1. The standard InChI is InChI=1S/C25H28N2O2/c1-2-3-17-26-25(28)23-14-7-8-15-24(23)27-21-12-9-13-22(19-21)29-18-16-20-10-5-4-6-11-20/h4-15,19,27H,2-3,16-18H2,1H3,(H,26,28). The molecule has 0 aromatic heterocycles. The van der Waals surface area contributed by atoms with Gasteiger partial charge >= 0.3 is 0 Å². The molecule has 2 N–H and O–H groups in total. The number of nitrogens with one attached hydrogen (secondary N) is 2. The maximum Gasteiger partial charge on any atom is 0.253 e. The topological polar surface area (TPSA) is 50.4 Å². The molecule has 0 saturated heterocycles. The lowest BCUT2D eigenvalue weighted by molar-refractivity contribution is 0.0954. The second kappa shape index (κ2) is 10.9. The Kier molecular flexibility index (Phi) is 7.70. The van der Waals surface area contributed by atoms with Crippen LogP contribution in [0, 0.1) is 0 Å². The first-order valence-corrected chi connectivity index (χ1v) is 10.2. The van der Waals surface area contributed by atoms with E-state index >= 15 is 0 Å². The van der Waals surface area contributed by atoms with Gasteiger partial charge in [-0.2, -0.15) is 0 Å². The Bertz CT molecular complexity index is 909. The minimum absolute atomic E-state index is 0.0585. The van der Waals surface area contributed by atoms with E-state index in [1.54, 1.807) is 0 Å². The van der Waals surface area contributed by atoms with Crippen molar-refractivity contribution in [3.63, 3.8) is 0 Å². The number of hydrogen-bond donors (Lipinski definition) is 2. The first-order chi connectivity index (χ1) is 14.3. The molecule has 0 fully saturated rings. The second-order valence-corrected chi connectivity index (χ2v) is 6.89. The molecule has 0 atom stereocenters. The molecule has 0 aliphatic heterocycles. The molecule has 0 bridgehead atoms. The van der Waals surface area contributed by atoms with Crippen molar-refractivity contribution in [3.05, 3.63) is 90.0 Å². The zero-order chi connectivity index (χ0) is 20.3. The number of hydrogen-bond acceptors (Lipinski definition) is 3. The highest BCUT2D eigenvalue weighted by molar-refractivity contribution is 6.00. The van der Waals surface area contributed by atoms with Crippen LogP contribution in [0.25, 0.3) is 0 Å². The van der Waals surface area contributed by atoms with Crippen LogP contribution >= 0.6 is 0 Å². The average molecular weight is 389 g/mol. The third kappa shape index (κ3) is 6.39. The lowest BCUT2D eigenvalue weighted by Crippen LogP contribution is -2.25. The lowest BCUT2D eigenvalue weighted by Gasteiger charge is -2.13. The van der Waals surface area contributed by atoms with E-state index in [-0.39, 0.29) is 5.91 Å². The average Bonchev–Trinajstić information content (AvgIpc) is 2.75. The number of anilines is 2. The summed E-state index contributed by atoms with van der Waals surface area (Å²) >= 11 is 0. The van der Waals surface area contributed by atoms with E-state index in [9.17, 15) is 4.79 Å². The summed E-state index contributed by atoms with van der Waals surface area (Å²) in [5, 5.41) is 6.33. The molecular weight excluding hydrogens is 360 g/mol. The van der Waals surface area contributed by atoms with E-state index < -0.39 is 0 Å². The van der Waals surface area contributed by atoms with E-state index in [2.05, 4.69) is 29.7 Å². The van der Waals surface area contributed by atoms with Crippen molar-refractivity contribution in [2.24, 2.45) is 0 Å². The molecule has 0 saturated carbocycles. The van der Waals surface area contributed by atoms with E-state index in [0.29, 0.717) is 18.7 Å².